The lowest BCUT2D eigenvalue weighted by molar-refractivity contribution is -0.137. The number of carboxylic acids is 1. The molecule has 21 heavy (non-hydrogen) atoms. The van der Waals surface area contributed by atoms with Gasteiger partial charge in [0.2, 0.25) is 0 Å². The summed E-state index contributed by atoms with van der Waals surface area (Å²) in [6.07, 6.45) is 1.65. The second-order valence-corrected chi connectivity index (χ2v) is 5.60. The lowest BCUT2D eigenvalue weighted by atomic mass is 10.0. The summed E-state index contributed by atoms with van der Waals surface area (Å²) in [7, 11) is 0. The van der Waals surface area contributed by atoms with Gasteiger partial charge >= 0.3 is 12.0 Å². The van der Waals surface area contributed by atoms with Crippen LogP contribution in [-0.2, 0) is 4.79 Å². The van der Waals surface area contributed by atoms with E-state index >= 15 is 0 Å². The summed E-state index contributed by atoms with van der Waals surface area (Å²) >= 11 is 0. The highest BCUT2D eigenvalue weighted by molar-refractivity contribution is 5.73. The predicted molar refractivity (Wildman–Crippen MR) is 81.4 cm³/mol. The lowest BCUT2D eigenvalue weighted by Gasteiger charge is -2.27. The minimum Gasteiger partial charge on any atom is -0.481 e. The summed E-state index contributed by atoms with van der Waals surface area (Å²) in [5, 5.41) is 17.5. The molecule has 0 aromatic heterocycles. The van der Waals surface area contributed by atoms with Crippen molar-refractivity contribution in [2.24, 2.45) is 5.92 Å². The number of carboxylic acid groups (broad SMARTS) is 1. The predicted octanol–water partition coefficient (Wildman–Crippen LogP) is 0.0818. The number of carbonyl (C=O) groups excluding carboxylic acids is 1. The number of nitrogens with one attached hydrogen (secondary N) is 3. The maximum absolute atomic E-state index is 11.6. The molecule has 1 aliphatic heterocycles. The van der Waals surface area contributed by atoms with E-state index in [4.69, 9.17) is 5.11 Å². The highest BCUT2D eigenvalue weighted by atomic mass is 16.4. The smallest absolute Gasteiger partial charge is 0.314 e. The van der Waals surface area contributed by atoms with Crippen LogP contribution < -0.4 is 16.0 Å². The van der Waals surface area contributed by atoms with Gasteiger partial charge in [0.05, 0.1) is 0 Å². The highest BCUT2D eigenvalue weighted by Crippen LogP contribution is 2.08. The van der Waals surface area contributed by atoms with Gasteiger partial charge in [-0.15, -0.1) is 0 Å². The average Bonchev–Trinajstić information content (AvgIpc) is 2.46. The molecule has 7 nitrogen and oxygen atoms in total. The maximum atomic E-state index is 11.6. The zero-order valence-corrected chi connectivity index (χ0v) is 12.9. The Morgan fingerprint density at radius 1 is 1.19 bits per heavy atom. The van der Waals surface area contributed by atoms with Crippen LogP contribution in [0, 0.1) is 5.92 Å². The molecule has 7 heteroatoms. The molecule has 0 aliphatic carbocycles. The van der Waals surface area contributed by atoms with Crippen molar-refractivity contribution in [3.63, 3.8) is 0 Å². The van der Waals surface area contributed by atoms with Crippen molar-refractivity contribution in [1.29, 1.82) is 0 Å². The standard InChI is InChI=1S/C14H28N4O3/c1-12(2-3-13(19)20)4-5-16-14(21)17-8-11-18-9-6-15-7-10-18/h12,15H,2-11H2,1H3,(H,19,20)(H2,16,17,21). The van der Waals surface area contributed by atoms with Crippen molar-refractivity contribution in [2.45, 2.75) is 26.2 Å². The third-order valence-corrected chi connectivity index (χ3v) is 3.70. The number of rotatable bonds is 9. The van der Waals surface area contributed by atoms with E-state index in [1.54, 1.807) is 0 Å². The monoisotopic (exact) mass is 300 g/mol. The number of urea groups is 1. The first-order valence-corrected chi connectivity index (χ1v) is 7.74. The van der Waals surface area contributed by atoms with Crippen molar-refractivity contribution in [3.05, 3.63) is 0 Å². The Hall–Kier alpha value is -1.34. The molecule has 0 spiro atoms. The molecule has 2 amide bonds. The van der Waals surface area contributed by atoms with E-state index in [9.17, 15) is 9.59 Å². The van der Waals surface area contributed by atoms with Gasteiger partial charge in [-0.25, -0.2) is 4.79 Å². The summed E-state index contributed by atoms with van der Waals surface area (Å²) in [5.74, 6) is -0.456. The molecule has 1 unspecified atom stereocenters. The molecule has 1 aliphatic rings. The van der Waals surface area contributed by atoms with E-state index in [1.807, 2.05) is 6.92 Å². The van der Waals surface area contributed by atoms with Crippen LogP contribution in [-0.4, -0.2) is 67.8 Å². The Labute approximate surface area is 126 Å². The molecule has 122 valence electrons. The summed E-state index contributed by atoms with van der Waals surface area (Å²) in [5.41, 5.74) is 0. The highest BCUT2D eigenvalue weighted by Gasteiger charge is 2.09. The fraction of sp³-hybridized carbons (Fsp3) is 0.857. The molecule has 0 aromatic rings. The van der Waals surface area contributed by atoms with E-state index in [0.717, 1.165) is 39.1 Å². The largest absolute Gasteiger partial charge is 0.481 e. The number of carbonyl (C=O) groups is 2. The number of piperazine rings is 1. The first-order chi connectivity index (χ1) is 10.1. The molecule has 4 N–H and O–H groups in total. The van der Waals surface area contributed by atoms with E-state index in [-0.39, 0.29) is 12.5 Å². The fourth-order valence-electron chi connectivity index (χ4n) is 2.27. The van der Waals surface area contributed by atoms with Crippen LogP contribution in [0.3, 0.4) is 0 Å². The fourth-order valence-corrected chi connectivity index (χ4v) is 2.27. The summed E-state index contributed by atoms with van der Waals surface area (Å²) in [6, 6.07) is -0.143. The Kier molecular flexibility index (Phi) is 8.77. The first-order valence-electron chi connectivity index (χ1n) is 7.74. The zero-order valence-electron chi connectivity index (χ0n) is 12.9. The topological polar surface area (TPSA) is 93.7 Å². The van der Waals surface area contributed by atoms with Crippen LogP contribution in [0.2, 0.25) is 0 Å². The van der Waals surface area contributed by atoms with Gasteiger partial charge in [-0.05, 0) is 18.8 Å². The van der Waals surface area contributed by atoms with Crippen LogP contribution in [0.5, 0.6) is 0 Å². The van der Waals surface area contributed by atoms with Crippen LogP contribution in [0.25, 0.3) is 0 Å². The van der Waals surface area contributed by atoms with E-state index < -0.39 is 5.97 Å². The second-order valence-electron chi connectivity index (χ2n) is 5.60. The summed E-state index contributed by atoms with van der Waals surface area (Å²) < 4.78 is 0. The van der Waals surface area contributed by atoms with Gasteiger partial charge in [-0.2, -0.15) is 0 Å². The Bertz CT molecular complexity index is 319. The third-order valence-electron chi connectivity index (χ3n) is 3.70. The molecule has 0 radical (unpaired) electrons. The van der Waals surface area contributed by atoms with E-state index in [2.05, 4.69) is 20.9 Å². The molecule has 1 heterocycles. The maximum Gasteiger partial charge on any atom is 0.314 e. The lowest BCUT2D eigenvalue weighted by Crippen LogP contribution is -2.47. The third kappa shape index (κ3) is 9.25. The van der Waals surface area contributed by atoms with E-state index in [1.165, 1.54) is 0 Å². The molecular formula is C14H28N4O3. The number of amides is 2. The Morgan fingerprint density at radius 3 is 2.52 bits per heavy atom. The Balaban J connectivity index is 1.96. The minimum atomic E-state index is -0.763. The van der Waals surface area contributed by atoms with Crippen LogP contribution in [0.15, 0.2) is 0 Å². The normalized spacial score (nSPS) is 17.2. The first kappa shape index (κ1) is 17.7. The number of aliphatic carboxylic acids is 1. The molecule has 1 rings (SSSR count). The quantitative estimate of drug-likeness (QED) is 0.484. The Morgan fingerprint density at radius 2 is 1.86 bits per heavy atom. The molecule has 0 saturated carbocycles. The minimum absolute atomic E-state index is 0.143. The number of hydrogen-bond acceptors (Lipinski definition) is 4. The van der Waals surface area contributed by atoms with Crippen molar-refractivity contribution < 1.29 is 14.7 Å². The van der Waals surface area contributed by atoms with Crippen molar-refractivity contribution in [1.82, 2.24) is 20.9 Å². The molecular weight excluding hydrogens is 272 g/mol. The number of nitrogens with zero attached hydrogens (tertiary/aromatic N) is 1. The summed E-state index contributed by atoms with van der Waals surface area (Å²) in [6.45, 7) is 8.22. The molecule has 1 atom stereocenters. The molecule has 0 bridgehead atoms. The van der Waals surface area contributed by atoms with Gasteiger partial charge in [-0.3, -0.25) is 9.69 Å². The van der Waals surface area contributed by atoms with E-state index in [0.29, 0.717) is 25.4 Å². The number of hydrogen-bond donors (Lipinski definition) is 4. The van der Waals surface area contributed by atoms with Gasteiger partial charge in [0.25, 0.3) is 0 Å². The van der Waals surface area contributed by atoms with Gasteiger partial charge < -0.3 is 21.1 Å². The van der Waals surface area contributed by atoms with Crippen LogP contribution in [0.4, 0.5) is 4.79 Å². The van der Waals surface area contributed by atoms with Crippen molar-refractivity contribution in [2.75, 3.05) is 45.8 Å². The summed E-state index contributed by atoms with van der Waals surface area (Å²) in [4.78, 5) is 24.4. The van der Waals surface area contributed by atoms with Gasteiger partial charge in [0.1, 0.15) is 0 Å². The second kappa shape index (κ2) is 10.4. The van der Waals surface area contributed by atoms with Crippen molar-refractivity contribution >= 4 is 12.0 Å². The van der Waals surface area contributed by atoms with Gasteiger partial charge in [0, 0.05) is 52.2 Å². The average molecular weight is 300 g/mol. The van der Waals surface area contributed by atoms with Crippen LogP contribution in [0.1, 0.15) is 26.2 Å². The van der Waals surface area contributed by atoms with Crippen LogP contribution >= 0.6 is 0 Å². The van der Waals surface area contributed by atoms with Gasteiger partial charge in [0.15, 0.2) is 0 Å². The van der Waals surface area contributed by atoms with Gasteiger partial charge in [-0.1, -0.05) is 6.92 Å². The van der Waals surface area contributed by atoms with Crippen molar-refractivity contribution in [3.8, 4) is 0 Å². The zero-order chi connectivity index (χ0) is 15.5. The SMILES string of the molecule is CC(CCNC(=O)NCCN1CCNCC1)CCC(=O)O. The molecule has 0 aromatic carbocycles. The molecule has 1 fully saturated rings. The molecule has 1 saturated heterocycles.